The Balaban J connectivity index is 1.72. The van der Waals surface area contributed by atoms with Crippen LogP contribution < -0.4 is 10.1 Å². The lowest BCUT2D eigenvalue weighted by atomic mass is 10.2. The second-order valence-electron chi connectivity index (χ2n) is 5.01. The Morgan fingerprint density at radius 2 is 1.85 bits per heavy atom. The first-order valence-electron chi connectivity index (χ1n) is 6.65. The first-order chi connectivity index (χ1) is 9.69. The minimum Gasteiger partial charge on any atom is -0.457 e. The molecule has 2 aromatic rings. The maximum atomic E-state index is 13.6. The minimum absolute atomic E-state index is 0.288. The average Bonchev–Trinajstić information content (AvgIpc) is 3.23. The molecular formula is C16H15ClFNO. The van der Waals surface area contributed by atoms with Gasteiger partial charge in [-0.1, -0.05) is 11.6 Å². The van der Waals surface area contributed by atoms with Crippen molar-refractivity contribution in [2.45, 2.75) is 25.4 Å². The van der Waals surface area contributed by atoms with Crippen molar-refractivity contribution < 1.29 is 9.13 Å². The van der Waals surface area contributed by atoms with Crippen molar-refractivity contribution in [3.63, 3.8) is 0 Å². The topological polar surface area (TPSA) is 21.3 Å². The molecule has 2 aromatic carbocycles. The van der Waals surface area contributed by atoms with Gasteiger partial charge in [0.2, 0.25) is 0 Å². The average molecular weight is 292 g/mol. The predicted octanol–water partition coefficient (Wildman–Crippen LogP) is 4.52. The molecule has 0 saturated heterocycles. The van der Waals surface area contributed by atoms with E-state index in [1.165, 1.54) is 25.0 Å². The van der Waals surface area contributed by atoms with Crippen LogP contribution in [0.4, 0.5) is 4.39 Å². The van der Waals surface area contributed by atoms with Gasteiger partial charge in [-0.3, -0.25) is 0 Å². The van der Waals surface area contributed by atoms with Crippen LogP contribution in [0.15, 0.2) is 42.5 Å². The van der Waals surface area contributed by atoms with E-state index in [2.05, 4.69) is 5.32 Å². The predicted molar refractivity (Wildman–Crippen MR) is 77.8 cm³/mol. The third-order valence-corrected chi connectivity index (χ3v) is 3.40. The highest BCUT2D eigenvalue weighted by atomic mass is 35.5. The first kappa shape index (κ1) is 13.4. The Morgan fingerprint density at radius 3 is 2.55 bits per heavy atom. The van der Waals surface area contributed by atoms with Crippen molar-refractivity contribution in [3.8, 4) is 11.5 Å². The van der Waals surface area contributed by atoms with Crippen LogP contribution in [0.5, 0.6) is 11.5 Å². The van der Waals surface area contributed by atoms with Crippen LogP contribution >= 0.6 is 11.6 Å². The van der Waals surface area contributed by atoms with Gasteiger partial charge in [-0.05, 0) is 54.8 Å². The van der Waals surface area contributed by atoms with E-state index in [0.717, 1.165) is 5.56 Å². The summed E-state index contributed by atoms with van der Waals surface area (Å²) in [7, 11) is 0. The van der Waals surface area contributed by atoms with E-state index in [1.807, 2.05) is 6.07 Å². The van der Waals surface area contributed by atoms with E-state index < -0.39 is 0 Å². The largest absolute Gasteiger partial charge is 0.457 e. The molecule has 4 heteroatoms. The molecule has 0 radical (unpaired) electrons. The van der Waals surface area contributed by atoms with E-state index in [4.69, 9.17) is 16.3 Å². The van der Waals surface area contributed by atoms with Gasteiger partial charge in [0.25, 0.3) is 0 Å². The number of ether oxygens (including phenoxy) is 1. The molecule has 1 fully saturated rings. The highest BCUT2D eigenvalue weighted by Gasteiger charge is 2.20. The number of hydrogen-bond donors (Lipinski definition) is 1. The van der Waals surface area contributed by atoms with Gasteiger partial charge in [-0.2, -0.15) is 0 Å². The number of benzene rings is 2. The van der Waals surface area contributed by atoms with Crippen molar-refractivity contribution in [3.05, 3.63) is 58.9 Å². The molecule has 0 aliphatic heterocycles. The fourth-order valence-corrected chi connectivity index (χ4v) is 2.10. The monoisotopic (exact) mass is 291 g/mol. The van der Waals surface area contributed by atoms with E-state index in [-0.39, 0.29) is 5.82 Å². The van der Waals surface area contributed by atoms with Gasteiger partial charge in [0, 0.05) is 23.7 Å². The zero-order valence-electron chi connectivity index (χ0n) is 10.9. The standard InChI is InChI=1S/C16H15ClFNO/c17-12-1-5-15(6-2-12)20-16-8-11(7-13(18)9-16)10-19-14-3-4-14/h1-2,5-9,14,19H,3-4,10H2. The molecule has 1 aliphatic rings. The Morgan fingerprint density at radius 1 is 1.10 bits per heavy atom. The molecule has 0 amide bonds. The van der Waals surface area contributed by atoms with Crippen LogP contribution in [0.3, 0.4) is 0 Å². The summed E-state index contributed by atoms with van der Waals surface area (Å²) in [6.45, 7) is 0.666. The second kappa shape index (κ2) is 5.81. The Bertz CT molecular complexity index is 596. The summed E-state index contributed by atoms with van der Waals surface area (Å²) in [5.41, 5.74) is 0.890. The Labute approximate surface area is 122 Å². The van der Waals surface area contributed by atoms with Gasteiger partial charge in [0.05, 0.1) is 0 Å². The van der Waals surface area contributed by atoms with E-state index >= 15 is 0 Å². The third kappa shape index (κ3) is 3.71. The van der Waals surface area contributed by atoms with Crippen molar-refractivity contribution in [2.75, 3.05) is 0 Å². The summed E-state index contributed by atoms with van der Waals surface area (Å²) in [5.74, 6) is 0.852. The Kier molecular flexibility index (Phi) is 3.90. The lowest BCUT2D eigenvalue weighted by Crippen LogP contribution is -2.15. The molecule has 104 valence electrons. The SMILES string of the molecule is Fc1cc(CNC2CC2)cc(Oc2ccc(Cl)cc2)c1. The van der Waals surface area contributed by atoms with Gasteiger partial charge >= 0.3 is 0 Å². The van der Waals surface area contributed by atoms with Crippen LogP contribution in [0, 0.1) is 5.82 Å². The van der Waals surface area contributed by atoms with E-state index in [1.54, 1.807) is 24.3 Å². The maximum absolute atomic E-state index is 13.6. The van der Waals surface area contributed by atoms with Crippen molar-refractivity contribution in [1.82, 2.24) is 5.32 Å². The molecule has 1 aliphatic carbocycles. The van der Waals surface area contributed by atoms with Crippen LogP contribution in [-0.4, -0.2) is 6.04 Å². The summed E-state index contributed by atoms with van der Waals surface area (Å²) in [4.78, 5) is 0. The molecule has 1 N–H and O–H groups in total. The highest BCUT2D eigenvalue weighted by molar-refractivity contribution is 6.30. The molecule has 1 saturated carbocycles. The van der Waals surface area contributed by atoms with Crippen LogP contribution in [0.1, 0.15) is 18.4 Å². The van der Waals surface area contributed by atoms with Gasteiger partial charge in [-0.15, -0.1) is 0 Å². The fourth-order valence-electron chi connectivity index (χ4n) is 1.97. The van der Waals surface area contributed by atoms with Gasteiger partial charge in [0.1, 0.15) is 17.3 Å². The van der Waals surface area contributed by atoms with Crippen molar-refractivity contribution in [1.29, 1.82) is 0 Å². The van der Waals surface area contributed by atoms with Crippen molar-refractivity contribution >= 4 is 11.6 Å². The normalized spacial score (nSPS) is 14.3. The smallest absolute Gasteiger partial charge is 0.130 e. The quantitative estimate of drug-likeness (QED) is 0.874. The van der Waals surface area contributed by atoms with E-state index in [0.29, 0.717) is 29.1 Å². The van der Waals surface area contributed by atoms with Crippen LogP contribution in [-0.2, 0) is 6.54 Å². The van der Waals surface area contributed by atoms with Crippen molar-refractivity contribution in [2.24, 2.45) is 0 Å². The molecule has 20 heavy (non-hydrogen) atoms. The summed E-state index contributed by atoms with van der Waals surface area (Å²) < 4.78 is 19.3. The highest BCUT2D eigenvalue weighted by Crippen LogP contribution is 2.25. The van der Waals surface area contributed by atoms with Crippen LogP contribution in [0.25, 0.3) is 0 Å². The molecule has 0 spiro atoms. The van der Waals surface area contributed by atoms with Gasteiger partial charge < -0.3 is 10.1 Å². The first-order valence-corrected chi connectivity index (χ1v) is 7.03. The lowest BCUT2D eigenvalue weighted by Gasteiger charge is -2.09. The molecule has 0 heterocycles. The number of nitrogens with one attached hydrogen (secondary N) is 1. The fraction of sp³-hybridized carbons (Fsp3) is 0.250. The number of halogens is 2. The van der Waals surface area contributed by atoms with Gasteiger partial charge in [-0.25, -0.2) is 4.39 Å². The third-order valence-electron chi connectivity index (χ3n) is 3.15. The lowest BCUT2D eigenvalue weighted by molar-refractivity contribution is 0.475. The van der Waals surface area contributed by atoms with Gasteiger partial charge in [0.15, 0.2) is 0 Å². The molecule has 0 bridgehead atoms. The summed E-state index contributed by atoms with van der Waals surface area (Å²) >= 11 is 5.82. The molecule has 0 aromatic heterocycles. The molecule has 3 rings (SSSR count). The summed E-state index contributed by atoms with van der Waals surface area (Å²) in [5, 5.41) is 4.00. The molecule has 0 unspecified atom stereocenters. The maximum Gasteiger partial charge on any atom is 0.130 e. The summed E-state index contributed by atoms with van der Waals surface area (Å²) in [6.07, 6.45) is 2.42. The molecule has 2 nitrogen and oxygen atoms in total. The zero-order chi connectivity index (χ0) is 13.9. The number of rotatable bonds is 5. The van der Waals surface area contributed by atoms with E-state index in [9.17, 15) is 4.39 Å². The molecule has 0 atom stereocenters. The summed E-state index contributed by atoms with van der Waals surface area (Å²) in [6, 6.07) is 12.4. The molecular weight excluding hydrogens is 277 g/mol. The zero-order valence-corrected chi connectivity index (χ0v) is 11.7. The van der Waals surface area contributed by atoms with Crippen LogP contribution in [0.2, 0.25) is 5.02 Å². The minimum atomic E-state index is -0.288. The number of hydrogen-bond acceptors (Lipinski definition) is 2. The second-order valence-corrected chi connectivity index (χ2v) is 5.44. The Hall–Kier alpha value is -1.58.